The van der Waals surface area contributed by atoms with E-state index in [2.05, 4.69) is 157 Å². The summed E-state index contributed by atoms with van der Waals surface area (Å²) in [7, 11) is 0. The summed E-state index contributed by atoms with van der Waals surface area (Å²) >= 11 is 7.97. The lowest BCUT2D eigenvalue weighted by atomic mass is 9.66. The van der Waals surface area contributed by atoms with E-state index in [1.54, 1.807) is 11.1 Å². The third-order valence-corrected chi connectivity index (χ3v) is 15.1. The van der Waals surface area contributed by atoms with Gasteiger partial charge in [-0.25, -0.2) is 0 Å². The van der Waals surface area contributed by atoms with E-state index in [0.29, 0.717) is 0 Å². The Morgan fingerprint density at radius 1 is 0.403 bits per heavy atom. The minimum atomic E-state index is -0.490. The average molecular weight is 961 g/mol. The Morgan fingerprint density at radius 3 is 1.31 bits per heavy atom. The summed E-state index contributed by atoms with van der Waals surface area (Å²) in [6, 6.07) is 39.0. The average Bonchev–Trinajstić information content (AvgIpc) is 3.71. The van der Waals surface area contributed by atoms with E-state index in [4.69, 9.17) is 9.47 Å². The van der Waals surface area contributed by atoms with E-state index in [1.165, 1.54) is 150 Å². The number of aryl methyl sites for hydroxylation is 2. The molecule has 0 saturated heterocycles. The number of rotatable bonds is 26. The topological polar surface area (TPSA) is 18.5 Å². The van der Waals surface area contributed by atoms with Crippen molar-refractivity contribution in [1.29, 1.82) is 0 Å². The molecule has 0 saturated carbocycles. The van der Waals surface area contributed by atoms with Gasteiger partial charge in [-0.3, -0.25) is 0 Å². The third-order valence-electron chi connectivity index (χ3n) is 14.1. The fourth-order valence-corrected chi connectivity index (χ4v) is 11.7. The quantitative estimate of drug-likeness (QED) is 0.0504. The molecule has 0 fully saturated rings. The fourth-order valence-electron chi connectivity index (χ4n) is 11.0. The molecule has 2 aliphatic carbocycles. The zero-order chi connectivity index (χ0) is 43.4. The Kier molecular flexibility index (Phi) is 17.2. The minimum Gasteiger partial charge on any atom is -0.382 e. The van der Waals surface area contributed by atoms with Crippen LogP contribution in [0.4, 0.5) is 0 Å². The Balaban J connectivity index is 1.40. The van der Waals surface area contributed by atoms with Crippen molar-refractivity contribution in [3.63, 3.8) is 0 Å². The first kappa shape index (κ1) is 47.0. The number of halogens is 2. The zero-order valence-electron chi connectivity index (χ0n) is 38.4. The highest BCUT2D eigenvalue weighted by atomic mass is 79.9. The van der Waals surface area contributed by atoms with Crippen LogP contribution < -0.4 is 0 Å². The number of fused-ring (bicyclic) bond motifs is 6. The van der Waals surface area contributed by atoms with E-state index in [9.17, 15) is 0 Å². The van der Waals surface area contributed by atoms with Gasteiger partial charge >= 0.3 is 0 Å². The maximum atomic E-state index is 5.72. The number of ether oxygens (including phenoxy) is 2. The first-order valence-electron chi connectivity index (χ1n) is 24.5. The molecule has 7 rings (SSSR count). The maximum absolute atomic E-state index is 5.72. The first-order valence-corrected chi connectivity index (χ1v) is 26.1. The lowest BCUT2D eigenvalue weighted by Gasteiger charge is -2.35. The molecule has 0 N–H and O–H groups in total. The van der Waals surface area contributed by atoms with Gasteiger partial charge in [0.1, 0.15) is 0 Å². The van der Waals surface area contributed by atoms with Crippen molar-refractivity contribution in [2.24, 2.45) is 0 Å². The van der Waals surface area contributed by atoms with Gasteiger partial charge in [-0.2, -0.15) is 0 Å². The molecule has 0 radical (unpaired) electrons. The van der Waals surface area contributed by atoms with Crippen LogP contribution in [0, 0.1) is 0 Å². The van der Waals surface area contributed by atoms with Gasteiger partial charge < -0.3 is 9.47 Å². The van der Waals surface area contributed by atoms with E-state index in [1.807, 2.05) is 0 Å². The Morgan fingerprint density at radius 2 is 0.806 bits per heavy atom. The van der Waals surface area contributed by atoms with E-state index in [-0.39, 0.29) is 5.41 Å². The van der Waals surface area contributed by atoms with Crippen LogP contribution in [0.2, 0.25) is 0 Å². The van der Waals surface area contributed by atoms with Crippen LogP contribution in [-0.2, 0) is 33.1 Å². The predicted molar refractivity (Wildman–Crippen MR) is 271 cm³/mol. The van der Waals surface area contributed by atoms with Gasteiger partial charge in [0.25, 0.3) is 0 Å². The molecule has 4 heteroatoms. The Labute approximate surface area is 392 Å². The van der Waals surface area contributed by atoms with Gasteiger partial charge in [-0.15, -0.1) is 0 Å². The highest BCUT2D eigenvalue weighted by Crippen LogP contribution is 2.62. The largest absolute Gasteiger partial charge is 0.382 e. The second-order valence-corrected chi connectivity index (χ2v) is 20.0. The predicted octanol–water partition coefficient (Wildman–Crippen LogP) is 17.3. The van der Waals surface area contributed by atoms with Crippen molar-refractivity contribution in [3.05, 3.63) is 151 Å². The van der Waals surface area contributed by atoms with Crippen molar-refractivity contribution >= 4 is 31.9 Å². The van der Waals surface area contributed by atoms with Crippen molar-refractivity contribution < 1.29 is 9.47 Å². The SMILES string of the molecule is CCCCCCCCC1(CCCCCCCC)c2cc(Br)ccc2-c2cc3c(cc21)-c1ccc(Br)cc1C3(c1ccc(CCCOCC)cc1)c1ccc(CCCOCC)cc1. The summed E-state index contributed by atoms with van der Waals surface area (Å²) in [4.78, 5) is 0. The third kappa shape index (κ3) is 10.1. The lowest BCUT2D eigenvalue weighted by molar-refractivity contribution is 0.145. The minimum absolute atomic E-state index is 0.00789. The second kappa shape index (κ2) is 22.7. The molecule has 0 spiro atoms. The van der Waals surface area contributed by atoms with Crippen molar-refractivity contribution in [1.82, 2.24) is 0 Å². The van der Waals surface area contributed by atoms with Crippen molar-refractivity contribution in [2.75, 3.05) is 26.4 Å². The van der Waals surface area contributed by atoms with E-state index >= 15 is 0 Å². The standard InChI is InChI=1S/C58H72Br2O2/c1-5-9-11-13-15-17-35-57(36-18-16-14-12-10-6-2)53-39-47(59)31-33-49(53)51-42-56-52(41-54(51)57)50-34-32-48(60)40-55(50)58(56,45-27-23-43(24-28-45)21-19-37-61-7-3)46-29-25-44(26-30-46)22-20-38-62-8-4/h23-34,39-42H,5-22,35-38H2,1-4H3. The van der Waals surface area contributed by atoms with Gasteiger partial charge in [0.05, 0.1) is 5.41 Å². The molecular formula is C58H72Br2O2. The van der Waals surface area contributed by atoms with Gasteiger partial charge in [-0.1, -0.05) is 183 Å². The maximum Gasteiger partial charge on any atom is 0.0714 e. The Hall–Kier alpha value is -3.02. The van der Waals surface area contributed by atoms with Crippen molar-refractivity contribution in [2.45, 2.75) is 154 Å². The number of unbranched alkanes of at least 4 members (excludes halogenated alkanes) is 10. The van der Waals surface area contributed by atoms with Gasteiger partial charge in [0.15, 0.2) is 0 Å². The molecule has 0 aromatic heterocycles. The molecule has 0 bridgehead atoms. The van der Waals surface area contributed by atoms with E-state index in [0.717, 1.165) is 56.6 Å². The van der Waals surface area contributed by atoms with Gasteiger partial charge in [-0.05, 0) is 156 Å². The summed E-state index contributed by atoms with van der Waals surface area (Å²) < 4.78 is 13.8. The molecule has 2 nitrogen and oxygen atoms in total. The zero-order valence-corrected chi connectivity index (χ0v) is 41.5. The lowest BCUT2D eigenvalue weighted by Crippen LogP contribution is -2.29. The summed E-state index contributed by atoms with van der Waals surface area (Å²) in [5.41, 5.74) is 16.4. The summed E-state index contributed by atoms with van der Waals surface area (Å²) in [5, 5.41) is 0. The number of hydrogen-bond donors (Lipinski definition) is 0. The van der Waals surface area contributed by atoms with Crippen LogP contribution in [0.1, 0.15) is 175 Å². The van der Waals surface area contributed by atoms with Crippen LogP contribution in [-0.4, -0.2) is 26.4 Å². The first-order chi connectivity index (χ1) is 30.4. The molecule has 5 aromatic rings. The summed E-state index contributed by atoms with van der Waals surface area (Å²) in [5.74, 6) is 0. The molecule has 0 heterocycles. The van der Waals surface area contributed by atoms with Crippen molar-refractivity contribution in [3.8, 4) is 22.3 Å². The van der Waals surface area contributed by atoms with Crippen LogP contribution in [0.3, 0.4) is 0 Å². The smallest absolute Gasteiger partial charge is 0.0714 e. The monoisotopic (exact) mass is 958 g/mol. The van der Waals surface area contributed by atoms with Gasteiger partial charge in [0.2, 0.25) is 0 Å². The highest BCUT2D eigenvalue weighted by Gasteiger charge is 2.50. The molecule has 0 atom stereocenters. The van der Waals surface area contributed by atoms with Crippen LogP contribution in [0.15, 0.2) is 106 Å². The van der Waals surface area contributed by atoms with Crippen LogP contribution in [0.5, 0.6) is 0 Å². The number of benzene rings is 5. The molecule has 62 heavy (non-hydrogen) atoms. The second-order valence-electron chi connectivity index (χ2n) is 18.2. The number of hydrogen-bond acceptors (Lipinski definition) is 2. The van der Waals surface area contributed by atoms with Crippen LogP contribution >= 0.6 is 31.9 Å². The summed E-state index contributed by atoms with van der Waals surface area (Å²) in [6.07, 6.45) is 22.3. The fraction of sp³-hybridized carbons (Fsp3) is 0.483. The van der Waals surface area contributed by atoms with Gasteiger partial charge in [0, 0.05) is 40.8 Å². The highest BCUT2D eigenvalue weighted by molar-refractivity contribution is 9.10. The molecule has 0 aliphatic heterocycles. The summed E-state index contributed by atoms with van der Waals surface area (Å²) in [6.45, 7) is 11.9. The van der Waals surface area contributed by atoms with Crippen LogP contribution in [0.25, 0.3) is 22.3 Å². The molecule has 0 unspecified atom stereocenters. The molecule has 5 aromatic carbocycles. The Bertz CT molecular complexity index is 2110. The molecule has 2 aliphatic rings. The molecular weight excluding hydrogens is 888 g/mol. The molecule has 0 amide bonds. The normalized spacial score (nSPS) is 14.2. The van der Waals surface area contributed by atoms with E-state index < -0.39 is 5.41 Å². The molecule has 330 valence electrons.